The number of benzene rings is 1. The third-order valence-corrected chi connectivity index (χ3v) is 4.27. The standard InChI is InChI=1S/C17H17FN2O5/c18-12-1-3-13(4-2-12)20-15(21)14(16(22)23)10-19(17(20)24)9-11-5-7-25-8-6-11/h1-4,10-11H,5-9H2,(H,22,23). The van der Waals surface area contributed by atoms with Crippen molar-refractivity contribution in [2.24, 2.45) is 5.92 Å². The van der Waals surface area contributed by atoms with Crippen molar-refractivity contribution in [1.82, 2.24) is 9.13 Å². The molecule has 0 aliphatic carbocycles. The lowest BCUT2D eigenvalue weighted by Crippen LogP contribution is -2.42. The number of aromatic carboxylic acids is 1. The van der Waals surface area contributed by atoms with Gasteiger partial charge in [0.15, 0.2) is 0 Å². The van der Waals surface area contributed by atoms with Gasteiger partial charge in [-0.25, -0.2) is 18.5 Å². The topological polar surface area (TPSA) is 90.5 Å². The number of halogens is 1. The molecule has 1 fully saturated rings. The fraction of sp³-hybridized carbons (Fsp3) is 0.353. The lowest BCUT2D eigenvalue weighted by Gasteiger charge is -2.23. The van der Waals surface area contributed by atoms with Crippen molar-refractivity contribution < 1.29 is 19.0 Å². The van der Waals surface area contributed by atoms with E-state index in [0.717, 1.165) is 35.7 Å². The first-order valence-corrected chi connectivity index (χ1v) is 7.91. The normalized spacial score (nSPS) is 15.2. The van der Waals surface area contributed by atoms with Crippen molar-refractivity contribution >= 4 is 5.97 Å². The molecule has 0 bridgehead atoms. The second-order valence-corrected chi connectivity index (χ2v) is 5.96. The van der Waals surface area contributed by atoms with Gasteiger partial charge in [-0.2, -0.15) is 0 Å². The second-order valence-electron chi connectivity index (χ2n) is 5.96. The van der Waals surface area contributed by atoms with Gasteiger partial charge in [0.05, 0.1) is 5.69 Å². The van der Waals surface area contributed by atoms with Crippen molar-refractivity contribution in [2.75, 3.05) is 13.2 Å². The maximum absolute atomic E-state index is 13.1. The first-order valence-electron chi connectivity index (χ1n) is 7.91. The number of aromatic nitrogens is 2. The highest BCUT2D eigenvalue weighted by Crippen LogP contribution is 2.16. The quantitative estimate of drug-likeness (QED) is 0.898. The van der Waals surface area contributed by atoms with Gasteiger partial charge in [0.25, 0.3) is 5.56 Å². The zero-order valence-corrected chi connectivity index (χ0v) is 13.4. The van der Waals surface area contributed by atoms with Gasteiger partial charge in [-0.1, -0.05) is 0 Å². The van der Waals surface area contributed by atoms with Gasteiger partial charge < -0.3 is 9.84 Å². The van der Waals surface area contributed by atoms with Crippen LogP contribution in [0.2, 0.25) is 0 Å². The summed E-state index contributed by atoms with van der Waals surface area (Å²) in [4.78, 5) is 36.6. The van der Waals surface area contributed by atoms with Crippen LogP contribution in [0, 0.1) is 11.7 Å². The summed E-state index contributed by atoms with van der Waals surface area (Å²) in [6, 6.07) is 4.75. The van der Waals surface area contributed by atoms with Crippen molar-refractivity contribution in [3.05, 3.63) is 62.7 Å². The summed E-state index contributed by atoms with van der Waals surface area (Å²) in [5, 5.41) is 9.29. The molecule has 0 amide bonds. The molecule has 132 valence electrons. The van der Waals surface area contributed by atoms with Crippen molar-refractivity contribution in [1.29, 1.82) is 0 Å². The number of carbonyl (C=O) groups is 1. The Balaban J connectivity index is 2.12. The van der Waals surface area contributed by atoms with Gasteiger partial charge in [0, 0.05) is 26.0 Å². The fourth-order valence-corrected chi connectivity index (χ4v) is 2.90. The number of carboxylic acid groups (broad SMARTS) is 1. The summed E-state index contributed by atoms with van der Waals surface area (Å²) in [6.07, 6.45) is 2.59. The van der Waals surface area contributed by atoms with Crippen LogP contribution in [0.15, 0.2) is 40.1 Å². The Bertz CT molecular complexity index is 895. The molecule has 1 aliphatic rings. The Kier molecular flexibility index (Phi) is 4.80. The lowest BCUT2D eigenvalue weighted by molar-refractivity contribution is 0.0603. The predicted molar refractivity (Wildman–Crippen MR) is 86.8 cm³/mol. The van der Waals surface area contributed by atoms with Crippen LogP contribution in [0.5, 0.6) is 0 Å². The SMILES string of the molecule is O=C(O)c1cn(CC2CCOCC2)c(=O)n(-c2ccc(F)cc2)c1=O. The molecule has 25 heavy (non-hydrogen) atoms. The predicted octanol–water partition coefficient (Wildman–Crippen LogP) is 1.26. The molecule has 2 heterocycles. The number of ether oxygens (including phenoxy) is 1. The highest BCUT2D eigenvalue weighted by molar-refractivity contribution is 5.86. The van der Waals surface area contributed by atoms with Crippen LogP contribution in [0.4, 0.5) is 4.39 Å². The Morgan fingerprint density at radius 3 is 2.44 bits per heavy atom. The third-order valence-electron chi connectivity index (χ3n) is 4.27. The summed E-state index contributed by atoms with van der Waals surface area (Å²) >= 11 is 0. The zero-order chi connectivity index (χ0) is 18.0. The van der Waals surface area contributed by atoms with Crippen molar-refractivity contribution in [2.45, 2.75) is 19.4 Å². The van der Waals surface area contributed by atoms with Gasteiger partial charge >= 0.3 is 11.7 Å². The Labute approximate surface area is 141 Å². The van der Waals surface area contributed by atoms with Gasteiger partial charge in [-0.05, 0) is 43.0 Å². The summed E-state index contributed by atoms with van der Waals surface area (Å²) < 4.78 is 20.4. The van der Waals surface area contributed by atoms with Crippen LogP contribution in [0.3, 0.4) is 0 Å². The first-order chi connectivity index (χ1) is 12.0. The minimum Gasteiger partial charge on any atom is -0.477 e. The molecule has 1 N–H and O–H groups in total. The third kappa shape index (κ3) is 3.53. The summed E-state index contributed by atoms with van der Waals surface area (Å²) in [5.41, 5.74) is -1.96. The van der Waals surface area contributed by atoms with E-state index in [9.17, 15) is 23.9 Å². The molecule has 0 atom stereocenters. The maximum Gasteiger partial charge on any atom is 0.342 e. The monoisotopic (exact) mass is 348 g/mol. The van der Waals surface area contributed by atoms with E-state index in [1.54, 1.807) is 0 Å². The molecule has 2 aromatic rings. The smallest absolute Gasteiger partial charge is 0.342 e. The molecule has 0 spiro atoms. The molecule has 0 radical (unpaired) electrons. The van der Waals surface area contributed by atoms with Gasteiger partial charge in [-0.3, -0.25) is 9.36 Å². The molecular formula is C17H17FN2O5. The number of hydrogen-bond donors (Lipinski definition) is 1. The van der Waals surface area contributed by atoms with E-state index in [2.05, 4.69) is 0 Å². The number of rotatable bonds is 4. The molecule has 1 aliphatic heterocycles. The van der Waals surface area contributed by atoms with Gasteiger partial charge in [0.2, 0.25) is 0 Å². The largest absolute Gasteiger partial charge is 0.477 e. The molecule has 1 saturated heterocycles. The minimum absolute atomic E-state index is 0.125. The summed E-state index contributed by atoms with van der Waals surface area (Å²) in [5.74, 6) is -1.78. The van der Waals surface area contributed by atoms with Gasteiger partial charge in [-0.15, -0.1) is 0 Å². The Morgan fingerprint density at radius 2 is 1.84 bits per heavy atom. The molecule has 8 heteroatoms. The van der Waals surface area contributed by atoms with Crippen LogP contribution in [-0.2, 0) is 11.3 Å². The summed E-state index contributed by atoms with van der Waals surface area (Å²) in [6.45, 7) is 1.47. The fourth-order valence-electron chi connectivity index (χ4n) is 2.90. The highest BCUT2D eigenvalue weighted by Gasteiger charge is 2.21. The maximum atomic E-state index is 13.1. The molecule has 0 saturated carbocycles. The average Bonchev–Trinajstić information content (AvgIpc) is 2.60. The van der Waals surface area contributed by atoms with E-state index in [1.165, 1.54) is 16.7 Å². The van der Waals surface area contributed by atoms with Crippen LogP contribution < -0.4 is 11.2 Å². The Hall–Kier alpha value is -2.74. The minimum atomic E-state index is -1.42. The van der Waals surface area contributed by atoms with E-state index < -0.39 is 28.6 Å². The molecule has 1 aromatic heterocycles. The number of carboxylic acids is 1. The zero-order valence-electron chi connectivity index (χ0n) is 13.4. The summed E-state index contributed by atoms with van der Waals surface area (Å²) in [7, 11) is 0. The molecule has 3 rings (SSSR count). The lowest BCUT2D eigenvalue weighted by atomic mass is 10.0. The van der Waals surface area contributed by atoms with Crippen LogP contribution in [0.1, 0.15) is 23.2 Å². The van der Waals surface area contributed by atoms with Gasteiger partial charge in [0.1, 0.15) is 11.4 Å². The molecule has 0 unspecified atom stereocenters. The Morgan fingerprint density at radius 1 is 1.20 bits per heavy atom. The van der Waals surface area contributed by atoms with E-state index in [-0.39, 0.29) is 11.6 Å². The van der Waals surface area contributed by atoms with Crippen LogP contribution in [-0.4, -0.2) is 33.4 Å². The average molecular weight is 348 g/mol. The first kappa shape index (κ1) is 17.1. The number of nitrogens with zero attached hydrogens (tertiary/aromatic N) is 2. The van der Waals surface area contributed by atoms with E-state index in [1.807, 2.05) is 0 Å². The second kappa shape index (κ2) is 7.02. The van der Waals surface area contributed by atoms with Crippen LogP contribution in [0.25, 0.3) is 5.69 Å². The van der Waals surface area contributed by atoms with E-state index in [4.69, 9.17) is 4.74 Å². The molecule has 7 nitrogen and oxygen atoms in total. The highest BCUT2D eigenvalue weighted by atomic mass is 19.1. The van der Waals surface area contributed by atoms with Crippen molar-refractivity contribution in [3.8, 4) is 5.69 Å². The van der Waals surface area contributed by atoms with Crippen molar-refractivity contribution in [3.63, 3.8) is 0 Å². The van der Waals surface area contributed by atoms with E-state index in [0.29, 0.717) is 19.8 Å². The van der Waals surface area contributed by atoms with E-state index >= 15 is 0 Å². The molecule has 1 aromatic carbocycles. The number of hydrogen-bond acceptors (Lipinski definition) is 4. The van der Waals surface area contributed by atoms with Crippen LogP contribution >= 0.6 is 0 Å². The molecular weight excluding hydrogens is 331 g/mol.